The van der Waals surface area contributed by atoms with Crippen LogP contribution in [0.5, 0.6) is 11.6 Å². The molecule has 1 aliphatic rings. The van der Waals surface area contributed by atoms with Crippen molar-refractivity contribution in [3.05, 3.63) is 64.8 Å². The Labute approximate surface area is 181 Å². The number of ether oxygens (including phenoxy) is 2. The molecule has 1 unspecified atom stereocenters. The summed E-state index contributed by atoms with van der Waals surface area (Å²) in [7, 11) is 0. The summed E-state index contributed by atoms with van der Waals surface area (Å²) in [6.07, 6.45) is -5.95. The average Bonchev–Trinajstić information content (AvgIpc) is 3.19. The number of nitrogens with zero attached hydrogens (tertiary/aromatic N) is 1. The zero-order valence-electron chi connectivity index (χ0n) is 16.0. The Balaban J connectivity index is 1.81. The van der Waals surface area contributed by atoms with Crippen LogP contribution in [0.3, 0.4) is 0 Å². The molecule has 0 saturated heterocycles. The van der Waals surface area contributed by atoms with Crippen molar-refractivity contribution in [3.8, 4) is 11.6 Å². The van der Waals surface area contributed by atoms with Crippen LogP contribution < -0.4 is 4.74 Å². The van der Waals surface area contributed by atoms with Crippen molar-refractivity contribution in [1.82, 2.24) is 4.98 Å². The van der Waals surface area contributed by atoms with Gasteiger partial charge < -0.3 is 9.47 Å². The number of hydrogen-bond acceptors (Lipinski definition) is 4. The summed E-state index contributed by atoms with van der Waals surface area (Å²) in [5.74, 6) is -1.84. The average molecular weight is 460 g/mol. The van der Waals surface area contributed by atoms with Gasteiger partial charge in [0.25, 0.3) is 0 Å². The number of para-hydroxylation sites is 1. The molecule has 1 aromatic heterocycles. The molecule has 0 radical (unpaired) electrons. The lowest BCUT2D eigenvalue weighted by atomic mass is 10.1. The summed E-state index contributed by atoms with van der Waals surface area (Å²) in [5, 5.41) is 0. The smallest absolute Gasteiger partial charge is 0.431 e. The Bertz CT molecular complexity index is 944. The van der Waals surface area contributed by atoms with Gasteiger partial charge in [-0.05, 0) is 35.6 Å². The number of carbonyl (C=O) groups is 1. The molecule has 0 aliphatic heterocycles. The third-order valence-corrected chi connectivity index (χ3v) is 5.23. The Morgan fingerprint density at radius 3 is 2.40 bits per heavy atom. The second-order valence-corrected chi connectivity index (χ2v) is 8.46. The molecule has 0 bridgehead atoms. The predicted octanol–water partition coefficient (Wildman–Crippen LogP) is 6.61. The third kappa shape index (κ3) is 5.08. The highest BCUT2D eigenvalue weighted by Gasteiger charge is 2.62. The first-order valence-electron chi connectivity index (χ1n) is 9.00. The number of rotatable bonds is 6. The van der Waals surface area contributed by atoms with Crippen molar-refractivity contribution in [3.63, 3.8) is 0 Å². The van der Waals surface area contributed by atoms with Crippen LogP contribution in [-0.4, -0.2) is 17.1 Å². The van der Waals surface area contributed by atoms with Crippen LogP contribution in [0.15, 0.2) is 59.1 Å². The van der Waals surface area contributed by atoms with Gasteiger partial charge in [0.15, 0.2) is 0 Å². The van der Waals surface area contributed by atoms with Gasteiger partial charge >= 0.3 is 12.1 Å². The number of hydrogen-bond donors (Lipinski definition) is 0. The highest BCUT2D eigenvalue weighted by molar-refractivity contribution is 6.55. The van der Waals surface area contributed by atoms with Crippen LogP contribution in [-0.2, 0) is 9.53 Å². The molecule has 1 saturated carbocycles. The fraction of sp³-hybridized carbons (Fsp3) is 0.333. The second-order valence-electron chi connectivity index (χ2n) is 7.46. The Hall–Kier alpha value is -2.25. The maximum Gasteiger partial charge on any atom is 0.431 e. The lowest BCUT2D eigenvalue weighted by Gasteiger charge is -2.21. The van der Waals surface area contributed by atoms with Crippen molar-refractivity contribution in [2.45, 2.75) is 26.1 Å². The third-order valence-electron chi connectivity index (χ3n) is 4.98. The highest BCUT2D eigenvalue weighted by Crippen LogP contribution is 2.60. The van der Waals surface area contributed by atoms with E-state index in [1.165, 1.54) is 18.2 Å². The number of halogens is 5. The number of allylic oxidation sites excluding steroid dienone is 1. The lowest BCUT2D eigenvalue weighted by Crippen LogP contribution is -2.28. The Morgan fingerprint density at radius 2 is 1.80 bits per heavy atom. The second kappa shape index (κ2) is 8.47. The molecular formula is C21H18Cl2F3NO3. The van der Waals surface area contributed by atoms with E-state index >= 15 is 0 Å². The van der Waals surface area contributed by atoms with E-state index in [9.17, 15) is 18.0 Å². The molecule has 160 valence electrons. The van der Waals surface area contributed by atoms with E-state index in [-0.39, 0.29) is 10.4 Å². The quantitative estimate of drug-likeness (QED) is 0.455. The van der Waals surface area contributed by atoms with Crippen molar-refractivity contribution in [1.29, 1.82) is 0 Å². The minimum Gasteiger partial charge on any atom is -0.446 e. The molecule has 3 atom stereocenters. The summed E-state index contributed by atoms with van der Waals surface area (Å²) in [6.45, 7) is 3.46. The first-order valence-corrected chi connectivity index (χ1v) is 9.75. The summed E-state index contributed by atoms with van der Waals surface area (Å²) < 4.78 is 51.4. The SMILES string of the molecule is CC1(C)[C@@H](C=C(Cl)Cl)[C@@H]1C(=O)OC(c1cccc(Oc2ccccc2)n1)C(F)(F)F. The monoisotopic (exact) mass is 459 g/mol. The molecule has 0 spiro atoms. The van der Waals surface area contributed by atoms with E-state index < -0.39 is 41.2 Å². The lowest BCUT2D eigenvalue weighted by molar-refractivity contribution is -0.226. The van der Waals surface area contributed by atoms with Gasteiger partial charge in [0.05, 0.1) is 11.6 Å². The van der Waals surface area contributed by atoms with Crippen LogP contribution >= 0.6 is 23.2 Å². The van der Waals surface area contributed by atoms with E-state index in [1.54, 1.807) is 44.2 Å². The summed E-state index contributed by atoms with van der Waals surface area (Å²) >= 11 is 11.3. The summed E-state index contributed by atoms with van der Waals surface area (Å²) in [4.78, 5) is 16.4. The van der Waals surface area contributed by atoms with E-state index in [1.807, 2.05) is 0 Å². The number of esters is 1. The maximum absolute atomic E-state index is 13.7. The van der Waals surface area contributed by atoms with Gasteiger partial charge in [-0.15, -0.1) is 0 Å². The largest absolute Gasteiger partial charge is 0.446 e. The molecular weight excluding hydrogens is 442 g/mol. The van der Waals surface area contributed by atoms with Crippen LogP contribution in [0.25, 0.3) is 0 Å². The molecule has 4 nitrogen and oxygen atoms in total. The topological polar surface area (TPSA) is 48.4 Å². The minimum absolute atomic E-state index is 0.0505. The summed E-state index contributed by atoms with van der Waals surface area (Å²) in [6, 6.07) is 12.4. The number of aromatic nitrogens is 1. The maximum atomic E-state index is 13.7. The van der Waals surface area contributed by atoms with Gasteiger partial charge in [0.1, 0.15) is 10.2 Å². The van der Waals surface area contributed by atoms with Crippen molar-refractivity contribution < 1.29 is 27.4 Å². The Morgan fingerprint density at radius 1 is 1.13 bits per heavy atom. The zero-order chi connectivity index (χ0) is 22.1. The van der Waals surface area contributed by atoms with Gasteiger partial charge in [-0.3, -0.25) is 4.79 Å². The number of pyridine rings is 1. The molecule has 2 aromatic rings. The highest BCUT2D eigenvalue weighted by atomic mass is 35.5. The van der Waals surface area contributed by atoms with Crippen LogP contribution in [0.4, 0.5) is 13.2 Å². The van der Waals surface area contributed by atoms with Crippen molar-refractivity contribution in [2.24, 2.45) is 17.3 Å². The van der Waals surface area contributed by atoms with Gasteiger partial charge in [-0.2, -0.15) is 13.2 Å². The molecule has 1 fully saturated rings. The first-order chi connectivity index (χ1) is 14.0. The first kappa shape index (κ1) is 22.4. The molecule has 30 heavy (non-hydrogen) atoms. The van der Waals surface area contributed by atoms with Gasteiger partial charge in [-0.1, -0.05) is 61.3 Å². The van der Waals surface area contributed by atoms with Crippen LogP contribution in [0.2, 0.25) is 0 Å². The van der Waals surface area contributed by atoms with Crippen molar-refractivity contribution >= 4 is 29.2 Å². The number of carbonyl (C=O) groups excluding carboxylic acids is 1. The van der Waals surface area contributed by atoms with Crippen LogP contribution in [0.1, 0.15) is 25.6 Å². The minimum atomic E-state index is -4.86. The van der Waals surface area contributed by atoms with Gasteiger partial charge in [0, 0.05) is 6.07 Å². The van der Waals surface area contributed by atoms with E-state index in [0.29, 0.717) is 5.75 Å². The van der Waals surface area contributed by atoms with Gasteiger partial charge in [0.2, 0.25) is 12.0 Å². The molecule has 0 N–H and O–H groups in total. The van der Waals surface area contributed by atoms with E-state index in [4.69, 9.17) is 32.7 Å². The normalized spacial score (nSPS) is 20.8. The molecule has 1 heterocycles. The molecule has 0 amide bonds. The summed E-state index contributed by atoms with van der Waals surface area (Å²) in [5.41, 5.74) is -1.10. The fourth-order valence-electron chi connectivity index (χ4n) is 3.30. The molecule has 9 heteroatoms. The number of benzene rings is 1. The molecule has 1 aliphatic carbocycles. The van der Waals surface area contributed by atoms with Gasteiger partial charge in [-0.25, -0.2) is 4.98 Å². The van der Waals surface area contributed by atoms with Crippen molar-refractivity contribution in [2.75, 3.05) is 0 Å². The molecule has 1 aromatic carbocycles. The fourth-order valence-corrected chi connectivity index (χ4v) is 3.57. The van der Waals surface area contributed by atoms with E-state index in [0.717, 1.165) is 6.07 Å². The zero-order valence-corrected chi connectivity index (χ0v) is 17.5. The molecule has 3 rings (SSSR count). The Kier molecular flexibility index (Phi) is 6.34. The van der Waals surface area contributed by atoms with Crippen LogP contribution in [0, 0.1) is 17.3 Å². The number of alkyl halides is 3. The standard InChI is InChI=1S/C21H18Cl2F3NO3/c1-20(2)13(11-15(22)23)17(20)19(28)30-18(21(24,25)26)14-9-6-10-16(27-14)29-12-7-4-3-5-8-12/h3-11,13,17-18H,1-2H3/t13-,17+,18?/m0/s1. The predicted molar refractivity (Wildman–Crippen MR) is 106 cm³/mol. The van der Waals surface area contributed by atoms with E-state index in [2.05, 4.69) is 4.98 Å².